The quantitative estimate of drug-likeness (QED) is 0.697. The Morgan fingerprint density at radius 3 is 2.61 bits per heavy atom. The van der Waals surface area contributed by atoms with Crippen molar-refractivity contribution in [1.82, 2.24) is 0 Å². The summed E-state index contributed by atoms with van der Waals surface area (Å²) in [6.45, 7) is -0.465. The summed E-state index contributed by atoms with van der Waals surface area (Å²) in [7, 11) is 1.68. The Balaban J connectivity index is 1.95. The van der Waals surface area contributed by atoms with Crippen molar-refractivity contribution in [2.24, 2.45) is 5.73 Å². The van der Waals surface area contributed by atoms with E-state index in [1.54, 1.807) is 36.7 Å². The molecule has 2 aromatic rings. The molecular formula is C15H15N3O4S. The molecule has 23 heavy (non-hydrogen) atoms. The number of nitrogens with one attached hydrogen (secondary N) is 2. The third-order valence-electron chi connectivity index (χ3n) is 2.93. The Morgan fingerprint density at radius 2 is 1.91 bits per heavy atom. The van der Waals surface area contributed by atoms with Crippen molar-refractivity contribution in [3.63, 3.8) is 0 Å². The minimum absolute atomic E-state index is 0.218. The van der Waals surface area contributed by atoms with Crippen molar-refractivity contribution < 1.29 is 19.1 Å². The van der Waals surface area contributed by atoms with Crippen LogP contribution in [0.5, 0.6) is 0 Å². The first-order valence-electron chi connectivity index (χ1n) is 6.64. The molecule has 0 atom stereocenters. The molecular weight excluding hydrogens is 318 g/mol. The molecule has 0 saturated carbocycles. The first-order chi connectivity index (χ1) is 11.0. The minimum Gasteiger partial charge on any atom is -0.452 e. The highest BCUT2D eigenvalue weighted by molar-refractivity contribution is 7.14. The van der Waals surface area contributed by atoms with Crippen molar-refractivity contribution in [3.8, 4) is 0 Å². The molecule has 0 aliphatic heterocycles. The van der Waals surface area contributed by atoms with Crippen molar-refractivity contribution in [2.75, 3.05) is 24.3 Å². The SMILES string of the molecule is CNc1ccccc1C(=O)OCC(=O)Nc1sccc1C(N)=O. The van der Waals surface area contributed by atoms with Gasteiger partial charge in [-0.05, 0) is 23.6 Å². The van der Waals surface area contributed by atoms with E-state index in [2.05, 4.69) is 10.6 Å². The second kappa shape index (κ2) is 7.41. The average Bonchev–Trinajstić information content (AvgIpc) is 3.00. The lowest BCUT2D eigenvalue weighted by molar-refractivity contribution is -0.119. The predicted molar refractivity (Wildman–Crippen MR) is 87.7 cm³/mol. The smallest absolute Gasteiger partial charge is 0.340 e. The second-order valence-electron chi connectivity index (χ2n) is 4.45. The average molecular weight is 333 g/mol. The number of nitrogens with two attached hydrogens (primary N) is 1. The fourth-order valence-corrected chi connectivity index (χ4v) is 2.66. The molecule has 0 aliphatic rings. The van der Waals surface area contributed by atoms with Crippen LogP contribution >= 0.6 is 11.3 Å². The number of benzene rings is 1. The highest BCUT2D eigenvalue weighted by atomic mass is 32.1. The lowest BCUT2D eigenvalue weighted by atomic mass is 10.2. The number of hydrogen-bond donors (Lipinski definition) is 3. The number of esters is 1. The lowest BCUT2D eigenvalue weighted by Crippen LogP contribution is -2.22. The summed E-state index contributed by atoms with van der Waals surface area (Å²) in [4.78, 5) is 35.0. The van der Waals surface area contributed by atoms with E-state index in [1.165, 1.54) is 6.07 Å². The molecule has 7 nitrogen and oxygen atoms in total. The van der Waals surface area contributed by atoms with Crippen molar-refractivity contribution in [3.05, 3.63) is 46.8 Å². The van der Waals surface area contributed by atoms with Gasteiger partial charge in [-0.25, -0.2) is 4.79 Å². The van der Waals surface area contributed by atoms with Gasteiger partial charge in [0.05, 0.1) is 11.1 Å². The van der Waals surface area contributed by atoms with E-state index in [1.807, 2.05) is 0 Å². The molecule has 4 N–H and O–H groups in total. The van der Waals surface area contributed by atoms with E-state index in [0.717, 1.165) is 11.3 Å². The first-order valence-corrected chi connectivity index (χ1v) is 7.52. The monoisotopic (exact) mass is 333 g/mol. The van der Waals surface area contributed by atoms with Gasteiger partial charge in [0.15, 0.2) is 6.61 Å². The van der Waals surface area contributed by atoms with Gasteiger partial charge < -0.3 is 21.1 Å². The number of carbonyl (C=O) groups excluding carboxylic acids is 3. The van der Waals surface area contributed by atoms with Gasteiger partial charge in [0.25, 0.3) is 11.8 Å². The standard InChI is InChI=1S/C15H15N3O4S/c1-17-11-5-3-2-4-9(11)15(21)22-8-12(19)18-14-10(13(16)20)6-7-23-14/h2-7,17H,8H2,1H3,(H2,16,20)(H,18,19). The van der Waals surface area contributed by atoms with Crippen LogP contribution in [0.4, 0.5) is 10.7 Å². The molecule has 0 saturated heterocycles. The van der Waals surface area contributed by atoms with Gasteiger partial charge >= 0.3 is 5.97 Å². The van der Waals surface area contributed by atoms with Crippen LogP contribution < -0.4 is 16.4 Å². The van der Waals surface area contributed by atoms with E-state index >= 15 is 0 Å². The van der Waals surface area contributed by atoms with E-state index < -0.39 is 24.4 Å². The van der Waals surface area contributed by atoms with Crippen molar-refractivity contribution in [1.29, 1.82) is 0 Å². The van der Waals surface area contributed by atoms with Gasteiger partial charge in [0.2, 0.25) is 0 Å². The molecule has 1 aromatic carbocycles. The Labute approximate surface area is 136 Å². The summed E-state index contributed by atoms with van der Waals surface area (Å²) >= 11 is 1.16. The minimum atomic E-state index is -0.638. The summed E-state index contributed by atoms with van der Waals surface area (Å²) in [5.74, 6) is -1.81. The summed E-state index contributed by atoms with van der Waals surface area (Å²) < 4.78 is 4.98. The molecule has 8 heteroatoms. The highest BCUT2D eigenvalue weighted by Crippen LogP contribution is 2.22. The molecule has 2 rings (SSSR count). The number of rotatable bonds is 6. The lowest BCUT2D eigenvalue weighted by Gasteiger charge is -2.09. The summed E-state index contributed by atoms with van der Waals surface area (Å²) in [6, 6.07) is 8.30. The fraction of sp³-hybridized carbons (Fsp3) is 0.133. The zero-order valence-electron chi connectivity index (χ0n) is 12.3. The van der Waals surface area contributed by atoms with Crippen LogP contribution in [0.1, 0.15) is 20.7 Å². The molecule has 2 amide bonds. The van der Waals surface area contributed by atoms with Crippen LogP contribution in [-0.2, 0) is 9.53 Å². The van der Waals surface area contributed by atoms with Crippen LogP contribution in [0.2, 0.25) is 0 Å². The number of hydrogen-bond acceptors (Lipinski definition) is 6. The van der Waals surface area contributed by atoms with Crippen LogP contribution in [0, 0.1) is 0 Å². The number of para-hydroxylation sites is 1. The number of primary amides is 1. The Bertz CT molecular complexity index is 742. The van der Waals surface area contributed by atoms with Crippen LogP contribution in [0.15, 0.2) is 35.7 Å². The van der Waals surface area contributed by atoms with Gasteiger partial charge in [-0.3, -0.25) is 9.59 Å². The summed E-state index contributed by atoms with van der Waals surface area (Å²) in [5, 5.41) is 7.32. The number of anilines is 2. The summed E-state index contributed by atoms with van der Waals surface area (Å²) in [6.07, 6.45) is 0. The molecule has 1 heterocycles. The van der Waals surface area contributed by atoms with E-state index in [-0.39, 0.29) is 5.56 Å². The number of ether oxygens (including phenoxy) is 1. The third kappa shape index (κ3) is 4.07. The number of amides is 2. The normalized spacial score (nSPS) is 9.96. The van der Waals surface area contributed by atoms with Gasteiger partial charge in [-0.2, -0.15) is 0 Å². The topological polar surface area (TPSA) is 111 Å². The third-order valence-corrected chi connectivity index (χ3v) is 3.76. The van der Waals surface area contributed by atoms with Crippen LogP contribution in [0.25, 0.3) is 0 Å². The highest BCUT2D eigenvalue weighted by Gasteiger charge is 2.16. The Kier molecular flexibility index (Phi) is 5.32. The van der Waals surface area contributed by atoms with Crippen molar-refractivity contribution >= 4 is 39.8 Å². The second-order valence-corrected chi connectivity index (χ2v) is 5.36. The molecule has 0 radical (unpaired) electrons. The maximum atomic E-state index is 12.0. The molecule has 0 unspecified atom stereocenters. The Morgan fingerprint density at radius 1 is 1.17 bits per heavy atom. The maximum absolute atomic E-state index is 12.0. The molecule has 0 aliphatic carbocycles. The molecule has 120 valence electrons. The van der Waals surface area contributed by atoms with E-state index in [4.69, 9.17) is 10.5 Å². The fourth-order valence-electron chi connectivity index (χ4n) is 1.85. The number of carbonyl (C=O) groups is 3. The maximum Gasteiger partial charge on any atom is 0.340 e. The predicted octanol–water partition coefficient (Wildman–Crippen LogP) is 1.68. The molecule has 0 bridgehead atoms. The zero-order valence-corrected chi connectivity index (χ0v) is 13.1. The van der Waals surface area contributed by atoms with Gasteiger partial charge in [-0.15, -0.1) is 11.3 Å². The number of thiophene rings is 1. The Hall–Kier alpha value is -2.87. The van der Waals surface area contributed by atoms with Crippen molar-refractivity contribution in [2.45, 2.75) is 0 Å². The zero-order chi connectivity index (χ0) is 16.8. The van der Waals surface area contributed by atoms with E-state index in [0.29, 0.717) is 16.3 Å². The first kappa shape index (κ1) is 16.5. The van der Waals surface area contributed by atoms with Gasteiger partial charge in [0.1, 0.15) is 5.00 Å². The van der Waals surface area contributed by atoms with Crippen LogP contribution in [0.3, 0.4) is 0 Å². The summed E-state index contributed by atoms with van der Waals surface area (Å²) in [5.41, 5.74) is 6.34. The molecule has 0 spiro atoms. The molecule has 0 fully saturated rings. The van der Waals surface area contributed by atoms with Gasteiger partial charge in [-0.1, -0.05) is 12.1 Å². The molecule has 1 aromatic heterocycles. The largest absolute Gasteiger partial charge is 0.452 e. The van der Waals surface area contributed by atoms with Crippen LogP contribution in [-0.4, -0.2) is 31.4 Å². The van der Waals surface area contributed by atoms with Gasteiger partial charge in [0, 0.05) is 12.7 Å². The van der Waals surface area contributed by atoms with E-state index in [9.17, 15) is 14.4 Å².